The first-order valence-electron chi connectivity index (χ1n) is 16.9. The fourth-order valence-corrected chi connectivity index (χ4v) is 10.5. The van der Waals surface area contributed by atoms with Gasteiger partial charge in [-0.2, -0.15) is 0 Å². The predicted octanol–water partition coefficient (Wildman–Crippen LogP) is 6.60. The van der Waals surface area contributed by atoms with Crippen LogP contribution < -0.4 is 16.0 Å². The largest absolute Gasteiger partial charge is 0.333 e. The number of fused-ring (bicyclic) bond motifs is 5. The molecule has 4 aliphatic carbocycles. The fraction of sp³-hybridized carbons (Fsp3) is 0.912. The summed E-state index contributed by atoms with van der Waals surface area (Å²) < 4.78 is 0. The smallest absolute Gasteiger partial charge is 0.317 e. The van der Waals surface area contributed by atoms with E-state index in [1.54, 1.807) is 5.57 Å². The molecule has 222 valence electrons. The number of hydrogen-bond donors (Lipinski definition) is 3. The zero-order valence-electron chi connectivity index (χ0n) is 26.2. The number of carbonyl (C=O) groups excluding carboxylic acids is 1. The summed E-state index contributed by atoms with van der Waals surface area (Å²) in [6, 6.07) is 0.684. The number of amides is 2. The monoisotopic (exact) mass is 540 g/mol. The first-order chi connectivity index (χ1) is 18.7. The third kappa shape index (κ3) is 5.70. The molecule has 39 heavy (non-hydrogen) atoms. The quantitative estimate of drug-likeness (QED) is 0.304. The molecule has 5 nitrogen and oxygen atoms in total. The molecule has 3 N–H and O–H groups in total. The van der Waals surface area contributed by atoms with E-state index in [0.717, 1.165) is 74.7 Å². The van der Waals surface area contributed by atoms with Crippen molar-refractivity contribution in [1.82, 2.24) is 20.9 Å². The molecule has 9 atom stereocenters. The van der Waals surface area contributed by atoms with Crippen LogP contribution in [-0.2, 0) is 0 Å². The van der Waals surface area contributed by atoms with Crippen LogP contribution in [-0.4, -0.2) is 55.7 Å². The summed E-state index contributed by atoms with van der Waals surface area (Å²) in [6.07, 6.45) is 16.1. The predicted molar refractivity (Wildman–Crippen MR) is 163 cm³/mol. The second-order valence-corrected chi connectivity index (χ2v) is 15.2. The topological polar surface area (TPSA) is 56.4 Å². The first-order valence-corrected chi connectivity index (χ1v) is 16.9. The standard InChI is InChI=1S/C34H60N4O/c1-7-36-31-22-34(6)25(21-30(31)37-32(39)38-19-17-35-18-20-38)11-12-26-28-14-13-27(24(4)10-8-9-23(2)3)33(28,5)16-15-29(26)34/h11,23-24,26-31,35-36H,7-10,12-22H2,1-6H3,(H,37,39)/t24-,26?,27-,28?,29?,30-,31?,33-,34+/m1/s1. The van der Waals surface area contributed by atoms with Crippen LogP contribution >= 0.6 is 0 Å². The van der Waals surface area contributed by atoms with Crippen molar-refractivity contribution in [2.24, 2.45) is 46.3 Å². The van der Waals surface area contributed by atoms with Crippen molar-refractivity contribution in [1.29, 1.82) is 0 Å². The van der Waals surface area contributed by atoms with E-state index in [-0.39, 0.29) is 17.5 Å². The van der Waals surface area contributed by atoms with Crippen molar-refractivity contribution in [3.63, 3.8) is 0 Å². The van der Waals surface area contributed by atoms with E-state index in [0.29, 0.717) is 11.5 Å². The molecule has 0 aromatic carbocycles. The number of nitrogens with zero attached hydrogens (tertiary/aromatic N) is 1. The fourth-order valence-electron chi connectivity index (χ4n) is 10.5. The lowest BCUT2D eigenvalue weighted by molar-refractivity contribution is -0.0545. The van der Waals surface area contributed by atoms with Gasteiger partial charge in [-0.05, 0) is 97.8 Å². The third-order valence-electron chi connectivity index (χ3n) is 12.6. The van der Waals surface area contributed by atoms with Crippen molar-refractivity contribution in [3.8, 4) is 0 Å². The molecule has 5 aliphatic rings. The normalized spacial score (nSPS) is 40.9. The van der Waals surface area contributed by atoms with E-state index in [1.165, 1.54) is 57.8 Å². The minimum absolute atomic E-state index is 0.134. The number of piperazine rings is 1. The summed E-state index contributed by atoms with van der Waals surface area (Å²) >= 11 is 0. The summed E-state index contributed by atoms with van der Waals surface area (Å²) in [5, 5.41) is 10.7. The molecule has 5 heteroatoms. The highest BCUT2D eigenvalue weighted by Gasteiger charge is 2.60. The zero-order valence-corrected chi connectivity index (χ0v) is 26.2. The Labute approximate surface area is 240 Å². The van der Waals surface area contributed by atoms with E-state index in [2.05, 4.69) is 63.6 Å². The highest BCUT2D eigenvalue weighted by atomic mass is 16.2. The number of hydrogen-bond acceptors (Lipinski definition) is 3. The molecule has 1 heterocycles. The Balaban J connectivity index is 1.29. The molecule has 1 aliphatic heterocycles. The van der Waals surface area contributed by atoms with Crippen LogP contribution in [0, 0.1) is 46.3 Å². The summed E-state index contributed by atoms with van der Waals surface area (Å²) in [6.45, 7) is 19.3. The lowest BCUT2D eigenvalue weighted by Crippen LogP contribution is -2.61. The van der Waals surface area contributed by atoms with Crippen molar-refractivity contribution < 1.29 is 4.79 Å². The Hall–Kier alpha value is -1.07. The summed E-state index contributed by atoms with van der Waals surface area (Å²) in [5.74, 6) is 5.16. The molecule has 2 amide bonds. The molecule has 5 rings (SSSR count). The van der Waals surface area contributed by atoms with Gasteiger partial charge in [0.05, 0.1) is 0 Å². The van der Waals surface area contributed by atoms with Crippen LogP contribution in [0.15, 0.2) is 11.6 Å². The van der Waals surface area contributed by atoms with Gasteiger partial charge in [0.1, 0.15) is 0 Å². The second-order valence-electron chi connectivity index (χ2n) is 15.2. The number of rotatable bonds is 8. The van der Waals surface area contributed by atoms with Gasteiger partial charge in [0.2, 0.25) is 0 Å². The van der Waals surface area contributed by atoms with Crippen LogP contribution in [0.4, 0.5) is 4.79 Å². The van der Waals surface area contributed by atoms with E-state index >= 15 is 0 Å². The molecule has 0 aromatic heterocycles. The highest BCUT2D eigenvalue weighted by molar-refractivity contribution is 5.75. The van der Waals surface area contributed by atoms with Crippen LogP contribution in [0.1, 0.15) is 106 Å². The lowest BCUT2D eigenvalue weighted by Gasteiger charge is -2.59. The van der Waals surface area contributed by atoms with Gasteiger partial charge in [-0.1, -0.05) is 72.5 Å². The van der Waals surface area contributed by atoms with Crippen LogP contribution in [0.25, 0.3) is 0 Å². The number of carbonyl (C=O) groups is 1. The lowest BCUT2D eigenvalue weighted by atomic mass is 9.46. The van der Waals surface area contributed by atoms with Gasteiger partial charge in [-0.15, -0.1) is 0 Å². The molecule has 0 bridgehead atoms. The Morgan fingerprint density at radius 3 is 2.56 bits per heavy atom. The minimum Gasteiger partial charge on any atom is -0.333 e. The summed E-state index contributed by atoms with van der Waals surface area (Å²) in [4.78, 5) is 15.2. The zero-order chi connectivity index (χ0) is 27.8. The Morgan fingerprint density at radius 1 is 1.08 bits per heavy atom. The average Bonchev–Trinajstić information content (AvgIpc) is 3.27. The van der Waals surface area contributed by atoms with Crippen LogP contribution in [0.3, 0.4) is 0 Å². The number of urea groups is 1. The molecule has 4 unspecified atom stereocenters. The van der Waals surface area contributed by atoms with E-state index in [9.17, 15) is 4.79 Å². The van der Waals surface area contributed by atoms with Gasteiger partial charge >= 0.3 is 6.03 Å². The van der Waals surface area contributed by atoms with Crippen molar-refractivity contribution >= 4 is 6.03 Å². The Morgan fingerprint density at radius 2 is 1.85 bits per heavy atom. The average molecular weight is 541 g/mol. The van der Waals surface area contributed by atoms with Gasteiger partial charge in [0, 0.05) is 38.3 Å². The van der Waals surface area contributed by atoms with Gasteiger partial charge in [-0.3, -0.25) is 0 Å². The van der Waals surface area contributed by atoms with Gasteiger partial charge in [-0.25, -0.2) is 4.79 Å². The van der Waals surface area contributed by atoms with Crippen molar-refractivity contribution in [2.75, 3.05) is 32.7 Å². The SMILES string of the molecule is CCNC1C[C@@]2(C)C(=CCC3C2CC[C@@]2(C)C3CC[C@@H]2[C@H](C)CCCC(C)C)C[C@H]1NC(=O)N1CCNCC1. The molecular weight excluding hydrogens is 480 g/mol. The third-order valence-corrected chi connectivity index (χ3v) is 12.6. The van der Waals surface area contributed by atoms with Gasteiger partial charge < -0.3 is 20.9 Å². The van der Waals surface area contributed by atoms with E-state index in [1.807, 2.05) is 4.90 Å². The van der Waals surface area contributed by atoms with Crippen LogP contribution in [0.2, 0.25) is 0 Å². The van der Waals surface area contributed by atoms with Crippen molar-refractivity contribution in [3.05, 3.63) is 11.6 Å². The Kier molecular flexibility index (Phi) is 9.08. The van der Waals surface area contributed by atoms with Crippen LogP contribution in [0.5, 0.6) is 0 Å². The molecule has 4 fully saturated rings. The van der Waals surface area contributed by atoms with Gasteiger partial charge in [0.25, 0.3) is 0 Å². The van der Waals surface area contributed by atoms with Crippen molar-refractivity contribution in [2.45, 2.75) is 118 Å². The van der Waals surface area contributed by atoms with E-state index in [4.69, 9.17) is 0 Å². The molecule has 0 radical (unpaired) electrons. The number of allylic oxidation sites excluding steroid dienone is 1. The minimum atomic E-state index is 0.134. The Bertz CT molecular complexity index is 880. The maximum absolute atomic E-state index is 13.2. The van der Waals surface area contributed by atoms with E-state index < -0.39 is 0 Å². The molecule has 3 saturated carbocycles. The maximum Gasteiger partial charge on any atom is 0.317 e. The molecule has 0 spiro atoms. The van der Waals surface area contributed by atoms with Gasteiger partial charge in [0.15, 0.2) is 0 Å². The first kappa shape index (κ1) is 29.4. The second kappa shape index (κ2) is 12.0. The summed E-state index contributed by atoms with van der Waals surface area (Å²) in [5.41, 5.74) is 2.47. The highest BCUT2D eigenvalue weighted by Crippen LogP contribution is 2.67. The molecular formula is C34H60N4O. The number of likely N-dealkylation sites (N-methyl/N-ethyl adjacent to an activating group) is 1. The number of nitrogens with one attached hydrogen (secondary N) is 3. The molecule has 0 aromatic rings. The molecule has 1 saturated heterocycles. The maximum atomic E-state index is 13.2. The summed E-state index contributed by atoms with van der Waals surface area (Å²) in [7, 11) is 0.